The summed E-state index contributed by atoms with van der Waals surface area (Å²) in [6.07, 6.45) is 0. The Balaban J connectivity index is 3.14. The van der Waals surface area contributed by atoms with E-state index < -0.39 is 5.67 Å². The van der Waals surface area contributed by atoms with Gasteiger partial charge in [-0.25, -0.2) is 4.39 Å². The molecule has 2 N–H and O–H groups in total. The molecule has 0 bridgehead atoms. The molecule has 0 heterocycles. The minimum absolute atomic E-state index is 0.0960. The first-order chi connectivity index (χ1) is 6.77. The minimum atomic E-state index is -1.29. The van der Waals surface area contributed by atoms with Gasteiger partial charge in [0.2, 0.25) is 0 Å². The summed E-state index contributed by atoms with van der Waals surface area (Å²) in [5.74, 6) is 0. The van der Waals surface area contributed by atoms with E-state index in [1.165, 1.54) is 0 Å². The van der Waals surface area contributed by atoms with Crippen molar-refractivity contribution in [1.29, 1.82) is 0 Å². The highest BCUT2D eigenvalue weighted by atomic mass is 19.1. The molecule has 0 saturated carbocycles. The molecule has 84 valence electrons. The fourth-order valence-corrected chi connectivity index (χ4v) is 1.43. The summed E-state index contributed by atoms with van der Waals surface area (Å²) in [6.45, 7) is 7.83. The fraction of sp³-hybridized carbons (Fsp3) is 0.538. The van der Waals surface area contributed by atoms with Crippen LogP contribution in [0.3, 0.4) is 0 Å². The first kappa shape index (κ1) is 12.2. The monoisotopic (exact) mass is 209 g/mol. The molecule has 0 aliphatic heterocycles. The van der Waals surface area contributed by atoms with Gasteiger partial charge in [0.25, 0.3) is 0 Å². The van der Waals surface area contributed by atoms with E-state index in [-0.39, 0.29) is 5.41 Å². The van der Waals surface area contributed by atoms with E-state index in [1.807, 2.05) is 24.3 Å². The molecule has 0 unspecified atom stereocenters. The summed E-state index contributed by atoms with van der Waals surface area (Å²) in [6, 6.07) is 7.62. The molecule has 0 spiro atoms. The topological polar surface area (TPSA) is 26.0 Å². The van der Waals surface area contributed by atoms with Crippen molar-refractivity contribution in [3.63, 3.8) is 0 Å². The number of hydrogen-bond donors (Lipinski definition) is 1. The van der Waals surface area contributed by atoms with Crippen LogP contribution in [-0.2, 0) is 11.1 Å². The third-order valence-electron chi connectivity index (χ3n) is 2.84. The molecule has 2 heteroatoms. The normalized spacial score (nSPS) is 12.9. The van der Waals surface area contributed by atoms with Crippen molar-refractivity contribution in [1.82, 2.24) is 0 Å². The molecule has 0 amide bonds. The van der Waals surface area contributed by atoms with Crippen molar-refractivity contribution in [2.75, 3.05) is 6.54 Å². The zero-order valence-electron chi connectivity index (χ0n) is 9.97. The van der Waals surface area contributed by atoms with E-state index >= 15 is 0 Å². The van der Waals surface area contributed by atoms with Crippen LogP contribution in [0, 0.1) is 0 Å². The van der Waals surface area contributed by atoms with Gasteiger partial charge in [0.15, 0.2) is 0 Å². The maximum Gasteiger partial charge on any atom is 0.130 e. The SMILES string of the molecule is CC(C)(F)c1cccc(C(C)(C)CN)c1. The highest BCUT2D eigenvalue weighted by Crippen LogP contribution is 2.29. The second kappa shape index (κ2) is 3.93. The molecule has 0 fully saturated rings. The number of alkyl halides is 1. The van der Waals surface area contributed by atoms with Crippen molar-refractivity contribution in [2.45, 2.75) is 38.8 Å². The zero-order chi connectivity index (χ0) is 11.7. The number of benzene rings is 1. The van der Waals surface area contributed by atoms with Gasteiger partial charge < -0.3 is 5.73 Å². The van der Waals surface area contributed by atoms with E-state index in [0.717, 1.165) is 5.56 Å². The molecule has 0 radical (unpaired) electrons. The molecule has 1 rings (SSSR count). The lowest BCUT2D eigenvalue weighted by atomic mass is 9.83. The van der Waals surface area contributed by atoms with Crippen LogP contribution >= 0.6 is 0 Å². The molecule has 0 aliphatic rings. The largest absolute Gasteiger partial charge is 0.330 e. The third kappa shape index (κ3) is 2.78. The van der Waals surface area contributed by atoms with Crippen molar-refractivity contribution >= 4 is 0 Å². The minimum Gasteiger partial charge on any atom is -0.330 e. The van der Waals surface area contributed by atoms with Gasteiger partial charge in [0.1, 0.15) is 5.67 Å². The number of rotatable bonds is 3. The average molecular weight is 209 g/mol. The summed E-state index contributed by atoms with van der Waals surface area (Å²) in [5.41, 5.74) is 6.12. The second-order valence-electron chi connectivity index (χ2n) is 5.14. The van der Waals surface area contributed by atoms with Crippen LogP contribution in [0.1, 0.15) is 38.8 Å². The first-order valence-corrected chi connectivity index (χ1v) is 5.27. The lowest BCUT2D eigenvalue weighted by molar-refractivity contribution is 0.221. The van der Waals surface area contributed by atoms with Crippen molar-refractivity contribution in [3.05, 3.63) is 35.4 Å². The van der Waals surface area contributed by atoms with Gasteiger partial charge in [-0.2, -0.15) is 0 Å². The Morgan fingerprint density at radius 1 is 1.13 bits per heavy atom. The van der Waals surface area contributed by atoms with E-state index in [9.17, 15) is 4.39 Å². The van der Waals surface area contributed by atoms with Gasteiger partial charge in [0.05, 0.1) is 0 Å². The summed E-state index contributed by atoms with van der Waals surface area (Å²) in [7, 11) is 0. The molecule has 0 saturated heterocycles. The van der Waals surface area contributed by atoms with Gasteiger partial charge in [-0.3, -0.25) is 0 Å². The van der Waals surface area contributed by atoms with Gasteiger partial charge in [0, 0.05) is 12.0 Å². The Bertz CT molecular complexity index is 337. The van der Waals surface area contributed by atoms with Crippen LogP contribution in [0.25, 0.3) is 0 Å². The molecular weight excluding hydrogens is 189 g/mol. The molecule has 1 nitrogen and oxygen atoms in total. The van der Waals surface area contributed by atoms with E-state index in [4.69, 9.17) is 5.73 Å². The van der Waals surface area contributed by atoms with Crippen molar-refractivity contribution in [2.24, 2.45) is 5.73 Å². The zero-order valence-corrected chi connectivity index (χ0v) is 9.97. The Morgan fingerprint density at radius 3 is 2.13 bits per heavy atom. The quantitative estimate of drug-likeness (QED) is 0.813. The maximum atomic E-state index is 13.8. The summed E-state index contributed by atoms with van der Waals surface area (Å²) in [4.78, 5) is 0. The molecule has 0 aromatic heterocycles. The summed E-state index contributed by atoms with van der Waals surface area (Å²) in [5, 5.41) is 0. The first-order valence-electron chi connectivity index (χ1n) is 5.27. The van der Waals surface area contributed by atoms with Gasteiger partial charge >= 0.3 is 0 Å². The van der Waals surface area contributed by atoms with E-state index in [1.54, 1.807) is 13.8 Å². The Kier molecular flexibility index (Phi) is 3.19. The van der Waals surface area contributed by atoms with E-state index in [2.05, 4.69) is 13.8 Å². The van der Waals surface area contributed by atoms with Crippen LogP contribution in [0.15, 0.2) is 24.3 Å². The Morgan fingerprint density at radius 2 is 1.67 bits per heavy atom. The molecule has 1 aromatic rings. The lowest BCUT2D eigenvalue weighted by Crippen LogP contribution is -2.28. The predicted molar refractivity (Wildman–Crippen MR) is 62.7 cm³/mol. The second-order valence-corrected chi connectivity index (χ2v) is 5.14. The molecular formula is C13H20FN. The molecule has 0 aliphatic carbocycles. The van der Waals surface area contributed by atoms with Crippen LogP contribution in [0.2, 0.25) is 0 Å². The van der Waals surface area contributed by atoms with Gasteiger partial charge in [-0.15, -0.1) is 0 Å². The Hall–Kier alpha value is -0.890. The molecule has 1 aromatic carbocycles. The summed E-state index contributed by atoms with van der Waals surface area (Å²) < 4.78 is 13.8. The van der Waals surface area contributed by atoms with Crippen molar-refractivity contribution in [3.8, 4) is 0 Å². The van der Waals surface area contributed by atoms with E-state index in [0.29, 0.717) is 12.1 Å². The van der Waals surface area contributed by atoms with Gasteiger partial charge in [-0.1, -0.05) is 38.1 Å². The predicted octanol–water partition coefficient (Wildman–Crippen LogP) is 3.13. The number of halogens is 1. The highest BCUT2D eigenvalue weighted by Gasteiger charge is 2.23. The molecule has 0 atom stereocenters. The third-order valence-corrected chi connectivity index (χ3v) is 2.84. The lowest BCUT2D eigenvalue weighted by Gasteiger charge is -2.25. The highest BCUT2D eigenvalue weighted by molar-refractivity contribution is 5.32. The standard InChI is InChI=1S/C13H20FN/c1-12(2,9-15)10-6-5-7-11(8-10)13(3,4)14/h5-8H,9,15H2,1-4H3. The van der Waals surface area contributed by atoms with Crippen LogP contribution < -0.4 is 5.73 Å². The van der Waals surface area contributed by atoms with Crippen LogP contribution in [0.4, 0.5) is 4.39 Å². The fourth-order valence-electron chi connectivity index (χ4n) is 1.43. The van der Waals surface area contributed by atoms with Gasteiger partial charge in [-0.05, 0) is 25.0 Å². The smallest absolute Gasteiger partial charge is 0.130 e. The van der Waals surface area contributed by atoms with Crippen LogP contribution in [-0.4, -0.2) is 6.54 Å². The number of hydrogen-bond acceptors (Lipinski definition) is 1. The Labute approximate surface area is 91.5 Å². The average Bonchev–Trinajstić information content (AvgIpc) is 2.17. The van der Waals surface area contributed by atoms with Crippen molar-refractivity contribution < 1.29 is 4.39 Å². The maximum absolute atomic E-state index is 13.8. The van der Waals surface area contributed by atoms with Crippen LogP contribution in [0.5, 0.6) is 0 Å². The summed E-state index contributed by atoms with van der Waals surface area (Å²) >= 11 is 0. The number of nitrogens with two attached hydrogens (primary N) is 1. The molecule has 15 heavy (non-hydrogen) atoms.